The number of hydrogen-bond donors (Lipinski definition) is 2. The average Bonchev–Trinajstić information content (AvgIpc) is 2.78. The highest BCUT2D eigenvalue weighted by molar-refractivity contribution is 5.78. The van der Waals surface area contributed by atoms with Crippen LogP contribution in [0.4, 0.5) is 11.6 Å². The molecular formula is C24H25N5O. The van der Waals surface area contributed by atoms with Gasteiger partial charge in [0.25, 0.3) is 0 Å². The minimum Gasteiger partial charge on any atom is -0.352 e. The van der Waals surface area contributed by atoms with Gasteiger partial charge in [0.15, 0.2) is 0 Å². The van der Waals surface area contributed by atoms with Gasteiger partial charge in [0.05, 0.1) is 5.69 Å². The molecule has 6 rings (SSSR count). The van der Waals surface area contributed by atoms with Crippen LogP contribution in [0.25, 0.3) is 11.3 Å². The second-order valence-electron chi connectivity index (χ2n) is 8.06. The Bertz CT molecular complexity index is 1060. The molecule has 3 aliphatic rings. The van der Waals surface area contributed by atoms with Gasteiger partial charge in [-0.15, -0.1) is 0 Å². The van der Waals surface area contributed by atoms with Crippen molar-refractivity contribution in [2.75, 3.05) is 18.4 Å². The Hall–Kier alpha value is -3.25. The topological polar surface area (TPSA) is 70.1 Å². The molecule has 0 unspecified atom stereocenters. The number of benzene rings is 2. The van der Waals surface area contributed by atoms with E-state index in [1.165, 1.54) is 5.56 Å². The van der Waals surface area contributed by atoms with Gasteiger partial charge in [-0.1, -0.05) is 30.3 Å². The van der Waals surface area contributed by atoms with Crippen molar-refractivity contribution < 1.29 is 4.79 Å². The highest BCUT2D eigenvalue weighted by Crippen LogP contribution is 2.24. The summed E-state index contributed by atoms with van der Waals surface area (Å²) in [4.78, 5) is 24.2. The zero-order chi connectivity index (χ0) is 20.3. The maximum atomic E-state index is 12.7. The van der Waals surface area contributed by atoms with Crippen LogP contribution < -0.4 is 10.6 Å². The van der Waals surface area contributed by atoms with Crippen LogP contribution in [0.2, 0.25) is 0 Å². The molecule has 2 aromatic carbocycles. The maximum Gasteiger partial charge on any atom is 0.227 e. The van der Waals surface area contributed by atoms with Gasteiger partial charge >= 0.3 is 0 Å². The number of hydrogen-bond acceptors (Lipinski definition) is 5. The standard InChI is InChI=1S/C24H25N5O/c30-23-19-8-11-29(12-9-19)16-18-4-2-6-21(14-18)27-24-25-10-7-22(28-24)20-5-1-3-17(13-20)15-26-23/h1-7,10,13-14,19H,8-9,11-12,15-16H2,(H,26,30)(H,25,27,28). The van der Waals surface area contributed by atoms with Gasteiger partial charge in [-0.2, -0.15) is 0 Å². The summed E-state index contributed by atoms with van der Waals surface area (Å²) in [5, 5.41) is 6.48. The highest BCUT2D eigenvalue weighted by atomic mass is 16.1. The summed E-state index contributed by atoms with van der Waals surface area (Å²) in [5.41, 5.74) is 5.15. The summed E-state index contributed by atoms with van der Waals surface area (Å²) in [6.45, 7) is 3.30. The molecule has 8 bridgehead atoms. The summed E-state index contributed by atoms with van der Waals surface area (Å²) in [7, 11) is 0. The van der Waals surface area contributed by atoms with Crippen molar-refractivity contribution in [1.82, 2.24) is 20.2 Å². The van der Waals surface area contributed by atoms with Crippen molar-refractivity contribution in [1.29, 1.82) is 0 Å². The molecule has 0 spiro atoms. The quantitative estimate of drug-likeness (QED) is 0.603. The maximum absolute atomic E-state index is 12.7. The van der Waals surface area contributed by atoms with E-state index in [9.17, 15) is 4.79 Å². The minimum atomic E-state index is 0.0979. The van der Waals surface area contributed by atoms with Gasteiger partial charge in [0.2, 0.25) is 11.9 Å². The zero-order valence-electron chi connectivity index (χ0n) is 16.8. The molecular weight excluding hydrogens is 374 g/mol. The molecule has 6 nitrogen and oxygen atoms in total. The lowest BCUT2D eigenvalue weighted by molar-refractivity contribution is -0.126. The van der Waals surface area contributed by atoms with E-state index in [1.807, 2.05) is 30.3 Å². The third kappa shape index (κ3) is 4.19. The number of nitrogens with zero attached hydrogens (tertiary/aromatic N) is 3. The van der Waals surface area contributed by atoms with Gasteiger partial charge in [0.1, 0.15) is 0 Å². The van der Waals surface area contributed by atoms with E-state index in [1.54, 1.807) is 6.20 Å². The zero-order valence-corrected chi connectivity index (χ0v) is 16.8. The van der Waals surface area contributed by atoms with Crippen LogP contribution in [0, 0.1) is 5.92 Å². The van der Waals surface area contributed by atoms with Crippen LogP contribution in [0.1, 0.15) is 24.0 Å². The predicted octanol–water partition coefficient (Wildman–Crippen LogP) is 3.73. The van der Waals surface area contributed by atoms with Crippen LogP contribution in [-0.4, -0.2) is 33.9 Å². The first-order valence-electron chi connectivity index (χ1n) is 10.5. The average molecular weight is 399 g/mol. The lowest BCUT2D eigenvalue weighted by Crippen LogP contribution is -2.40. The first-order valence-corrected chi connectivity index (χ1v) is 10.5. The first kappa shape index (κ1) is 18.8. The molecule has 0 radical (unpaired) electrons. The normalized spacial score (nSPS) is 21.1. The molecule has 3 aliphatic heterocycles. The van der Waals surface area contributed by atoms with Gasteiger partial charge in [-0.25, -0.2) is 9.97 Å². The number of amides is 1. The summed E-state index contributed by atoms with van der Waals surface area (Å²) in [6, 6.07) is 18.5. The Morgan fingerprint density at radius 2 is 1.80 bits per heavy atom. The second kappa shape index (κ2) is 8.24. The lowest BCUT2D eigenvalue weighted by atomic mass is 9.95. The smallest absolute Gasteiger partial charge is 0.227 e. The minimum absolute atomic E-state index is 0.0979. The molecule has 0 saturated carbocycles. The third-order valence-corrected chi connectivity index (χ3v) is 5.89. The van der Waals surface area contributed by atoms with E-state index < -0.39 is 0 Å². The number of aromatic nitrogens is 2. The highest BCUT2D eigenvalue weighted by Gasteiger charge is 2.25. The SMILES string of the molecule is O=C1NCc2cccc(c2)-c2ccnc(n2)Nc2cccc(c2)CN2CCC1CC2. The number of carbonyl (C=O) groups is 1. The Kier molecular flexibility index (Phi) is 5.15. The van der Waals surface area contributed by atoms with Crippen LogP contribution in [0.3, 0.4) is 0 Å². The summed E-state index contributed by atoms with van der Waals surface area (Å²) < 4.78 is 0. The van der Waals surface area contributed by atoms with E-state index in [2.05, 4.69) is 44.8 Å². The van der Waals surface area contributed by atoms with E-state index in [0.717, 1.165) is 55.0 Å². The summed E-state index contributed by atoms with van der Waals surface area (Å²) in [5.74, 6) is 0.836. The Balaban J connectivity index is 1.50. The third-order valence-electron chi connectivity index (χ3n) is 5.89. The van der Waals surface area contributed by atoms with E-state index in [-0.39, 0.29) is 11.8 Å². The fourth-order valence-electron chi connectivity index (χ4n) is 4.24. The van der Waals surface area contributed by atoms with Crippen molar-refractivity contribution in [3.63, 3.8) is 0 Å². The molecule has 152 valence electrons. The lowest BCUT2D eigenvalue weighted by Gasteiger charge is -2.31. The Morgan fingerprint density at radius 1 is 0.967 bits per heavy atom. The fourth-order valence-corrected chi connectivity index (χ4v) is 4.24. The summed E-state index contributed by atoms with van der Waals surface area (Å²) >= 11 is 0. The van der Waals surface area contributed by atoms with Crippen molar-refractivity contribution in [3.8, 4) is 11.3 Å². The van der Waals surface area contributed by atoms with Crippen molar-refractivity contribution in [2.45, 2.75) is 25.9 Å². The van der Waals surface area contributed by atoms with E-state index in [0.29, 0.717) is 12.5 Å². The van der Waals surface area contributed by atoms with Gasteiger partial charge in [-0.05, 0) is 61.3 Å². The largest absolute Gasteiger partial charge is 0.352 e. The van der Waals surface area contributed by atoms with Crippen molar-refractivity contribution in [3.05, 3.63) is 71.9 Å². The first-order chi connectivity index (χ1) is 14.7. The molecule has 6 heteroatoms. The molecule has 2 N–H and O–H groups in total. The van der Waals surface area contributed by atoms with Crippen molar-refractivity contribution in [2.24, 2.45) is 5.92 Å². The molecule has 0 atom stereocenters. The fraction of sp³-hybridized carbons (Fsp3) is 0.292. The van der Waals surface area contributed by atoms with Gasteiger partial charge in [0, 0.05) is 36.5 Å². The summed E-state index contributed by atoms with van der Waals surface area (Å²) in [6.07, 6.45) is 3.58. The van der Waals surface area contributed by atoms with Crippen LogP contribution in [0.5, 0.6) is 0 Å². The van der Waals surface area contributed by atoms with Gasteiger partial charge < -0.3 is 10.6 Å². The number of carbonyl (C=O) groups excluding carboxylic acids is 1. The molecule has 1 amide bonds. The predicted molar refractivity (Wildman–Crippen MR) is 117 cm³/mol. The Labute approximate surface area is 176 Å². The van der Waals surface area contributed by atoms with E-state index in [4.69, 9.17) is 4.98 Å². The number of anilines is 2. The molecule has 1 fully saturated rings. The number of piperidine rings is 1. The van der Waals surface area contributed by atoms with Gasteiger partial charge in [-0.3, -0.25) is 9.69 Å². The molecule has 0 aliphatic carbocycles. The monoisotopic (exact) mass is 399 g/mol. The van der Waals surface area contributed by atoms with Crippen LogP contribution >= 0.6 is 0 Å². The second-order valence-corrected chi connectivity index (χ2v) is 8.06. The molecule has 1 saturated heterocycles. The van der Waals surface area contributed by atoms with E-state index >= 15 is 0 Å². The number of fused-ring (bicyclic) bond motifs is 4. The molecule has 1 aromatic heterocycles. The Morgan fingerprint density at radius 3 is 2.70 bits per heavy atom. The number of rotatable bonds is 0. The molecule has 4 heterocycles. The van der Waals surface area contributed by atoms with Crippen LogP contribution in [-0.2, 0) is 17.9 Å². The van der Waals surface area contributed by atoms with Crippen LogP contribution in [0.15, 0.2) is 60.8 Å². The number of nitrogens with one attached hydrogen (secondary N) is 2. The molecule has 30 heavy (non-hydrogen) atoms. The van der Waals surface area contributed by atoms with Crippen molar-refractivity contribution >= 4 is 17.5 Å². The molecule has 3 aromatic rings.